The van der Waals surface area contributed by atoms with Crippen LogP contribution in [0, 0.1) is 18.8 Å². The van der Waals surface area contributed by atoms with Gasteiger partial charge in [-0.1, -0.05) is 36.1 Å². The number of nitrogens with one attached hydrogen (secondary N) is 2. The van der Waals surface area contributed by atoms with Crippen molar-refractivity contribution >= 4 is 22.7 Å². The number of hydrogen-bond donors (Lipinski definition) is 2. The van der Waals surface area contributed by atoms with Gasteiger partial charge < -0.3 is 10.6 Å². The lowest BCUT2D eigenvalue weighted by atomic mass is 10.1. The largest absolute Gasteiger partial charge is 0.345 e. The van der Waals surface area contributed by atoms with E-state index in [2.05, 4.69) is 32.4 Å². The lowest BCUT2D eigenvalue weighted by Crippen LogP contribution is -2.34. The molecule has 0 aliphatic rings. The van der Waals surface area contributed by atoms with Crippen molar-refractivity contribution in [3.05, 3.63) is 94.1 Å². The van der Waals surface area contributed by atoms with E-state index in [4.69, 9.17) is 4.98 Å². The summed E-state index contributed by atoms with van der Waals surface area (Å²) in [6, 6.07) is 13.7. The second-order valence-corrected chi connectivity index (χ2v) is 8.04. The molecular weight excluding hydrogens is 456 g/mol. The third kappa shape index (κ3) is 5.13. The molecule has 0 fully saturated rings. The SMILES string of the molecule is CC(=O)NCC#Cc1cccc2nc([C@@H](C)NC(=O)c3nccnc3C)n(-c3ccccc3)c(=O)c12. The Labute approximate surface area is 207 Å². The molecule has 1 atom stereocenters. The highest BCUT2D eigenvalue weighted by Crippen LogP contribution is 2.20. The smallest absolute Gasteiger partial charge is 0.272 e. The third-order valence-electron chi connectivity index (χ3n) is 5.42. The monoisotopic (exact) mass is 480 g/mol. The molecule has 2 heterocycles. The summed E-state index contributed by atoms with van der Waals surface area (Å²) in [5.41, 5.74) is 1.93. The van der Waals surface area contributed by atoms with Crippen molar-refractivity contribution in [2.75, 3.05) is 6.54 Å². The molecule has 2 amide bonds. The van der Waals surface area contributed by atoms with Crippen LogP contribution in [-0.4, -0.2) is 37.9 Å². The average molecular weight is 481 g/mol. The first kappa shape index (κ1) is 24.3. The number of fused-ring (bicyclic) bond motifs is 1. The quantitative estimate of drug-likeness (QED) is 0.424. The summed E-state index contributed by atoms with van der Waals surface area (Å²) in [7, 11) is 0. The molecule has 9 heteroatoms. The van der Waals surface area contributed by atoms with Gasteiger partial charge in [0.2, 0.25) is 5.91 Å². The van der Waals surface area contributed by atoms with Crippen molar-refractivity contribution in [1.29, 1.82) is 0 Å². The maximum atomic E-state index is 13.9. The zero-order valence-electron chi connectivity index (χ0n) is 20.1. The van der Waals surface area contributed by atoms with Crippen molar-refractivity contribution in [2.45, 2.75) is 26.8 Å². The van der Waals surface area contributed by atoms with Crippen LogP contribution in [0.3, 0.4) is 0 Å². The number of benzene rings is 2. The predicted octanol–water partition coefficient (Wildman–Crippen LogP) is 2.46. The van der Waals surface area contributed by atoms with Crippen LogP contribution in [0.1, 0.15) is 47.5 Å². The molecule has 0 saturated heterocycles. The number of para-hydroxylation sites is 1. The molecule has 4 aromatic rings. The number of nitrogens with zero attached hydrogens (tertiary/aromatic N) is 4. The average Bonchev–Trinajstić information content (AvgIpc) is 2.87. The van der Waals surface area contributed by atoms with Gasteiger partial charge in [0.15, 0.2) is 0 Å². The van der Waals surface area contributed by atoms with Gasteiger partial charge >= 0.3 is 0 Å². The number of rotatable bonds is 5. The van der Waals surface area contributed by atoms with E-state index in [0.717, 1.165) is 0 Å². The van der Waals surface area contributed by atoms with E-state index in [-0.39, 0.29) is 23.7 Å². The number of carbonyl (C=O) groups is 2. The number of carbonyl (C=O) groups excluding carboxylic acids is 2. The van der Waals surface area contributed by atoms with Crippen LogP contribution in [0.25, 0.3) is 16.6 Å². The zero-order chi connectivity index (χ0) is 25.7. The normalized spacial score (nSPS) is 11.3. The molecule has 0 spiro atoms. The first-order valence-corrected chi connectivity index (χ1v) is 11.3. The molecule has 2 N–H and O–H groups in total. The number of amides is 2. The molecule has 0 bridgehead atoms. The van der Waals surface area contributed by atoms with E-state index in [1.165, 1.54) is 23.9 Å². The molecule has 0 saturated carbocycles. The summed E-state index contributed by atoms with van der Waals surface area (Å²) in [5.74, 6) is 5.59. The summed E-state index contributed by atoms with van der Waals surface area (Å²) in [6.45, 7) is 5.03. The Morgan fingerprint density at radius 2 is 1.81 bits per heavy atom. The standard InChI is InChI=1S/C27H24N6O3/c1-17-24(30-16-15-28-17)26(35)31-18(2)25-32-22-13-7-9-20(10-8-14-29-19(3)34)23(22)27(36)33(25)21-11-5-4-6-12-21/h4-7,9,11-13,15-16,18H,14H2,1-3H3,(H,29,34)(H,31,35)/t18-/m1/s1. The van der Waals surface area contributed by atoms with Crippen LogP contribution in [0.4, 0.5) is 0 Å². The van der Waals surface area contributed by atoms with Gasteiger partial charge in [0.05, 0.1) is 34.9 Å². The van der Waals surface area contributed by atoms with E-state index in [0.29, 0.717) is 33.7 Å². The molecule has 9 nitrogen and oxygen atoms in total. The van der Waals surface area contributed by atoms with E-state index in [9.17, 15) is 14.4 Å². The van der Waals surface area contributed by atoms with Crippen LogP contribution >= 0.6 is 0 Å². The highest BCUT2D eigenvalue weighted by Gasteiger charge is 2.22. The summed E-state index contributed by atoms with van der Waals surface area (Å²) in [6.07, 6.45) is 2.97. The predicted molar refractivity (Wildman–Crippen MR) is 136 cm³/mol. The number of aromatic nitrogens is 4. The molecule has 0 aliphatic carbocycles. The Morgan fingerprint density at radius 1 is 1.06 bits per heavy atom. The topological polar surface area (TPSA) is 119 Å². The van der Waals surface area contributed by atoms with Crippen LogP contribution < -0.4 is 16.2 Å². The molecular formula is C27H24N6O3. The molecule has 4 rings (SSSR count). The molecule has 0 radical (unpaired) electrons. The van der Waals surface area contributed by atoms with Crippen molar-refractivity contribution in [3.63, 3.8) is 0 Å². The fourth-order valence-electron chi connectivity index (χ4n) is 3.74. The summed E-state index contributed by atoms with van der Waals surface area (Å²) < 4.78 is 1.48. The van der Waals surface area contributed by atoms with E-state index >= 15 is 0 Å². The molecule has 2 aromatic heterocycles. The minimum absolute atomic E-state index is 0.162. The number of aryl methyl sites for hydroxylation is 1. The highest BCUT2D eigenvalue weighted by atomic mass is 16.2. The molecule has 36 heavy (non-hydrogen) atoms. The maximum absolute atomic E-state index is 13.9. The Bertz CT molecular complexity index is 1570. The minimum Gasteiger partial charge on any atom is -0.345 e. The van der Waals surface area contributed by atoms with Crippen molar-refractivity contribution in [2.24, 2.45) is 0 Å². The summed E-state index contributed by atoms with van der Waals surface area (Å²) >= 11 is 0. The summed E-state index contributed by atoms with van der Waals surface area (Å²) in [5, 5.41) is 5.86. The second kappa shape index (κ2) is 10.6. The highest BCUT2D eigenvalue weighted by molar-refractivity contribution is 5.93. The van der Waals surface area contributed by atoms with Crippen molar-refractivity contribution in [3.8, 4) is 17.5 Å². The zero-order valence-corrected chi connectivity index (χ0v) is 20.1. The molecule has 0 unspecified atom stereocenters. The maximum Gasteiger partial charge on any atom is 0.272 e. The van der Waals surface area contributed by atoms with Gasteiger partial charge in [-0.2, -0.15) is 0 Å². The van der Waals surface area contributed by atoms with Crippen LogP contribution in [0.5, 0.6) is 0 Å². The molecule has 180 valence electrons. The lowest BCUT2D eigenvalue weighted by Gasteiger charge is -2.20. The number of hydrogen-bond acceptors (Lipinski definition) is 6. The van der Waals surface area contributed by atoms with Crippen molar-refractivity contribution < 1.29 is 9.59 Å². The van der Waals surface area contributed by atoms with Gasteiger partial charge in [0, 0.05) is 24.9 Å². The van der Waals surface area contributed by atoms with E-state index in [1.807, 2.05) is 18.2 Å². The van der Waals surface area contributed by atoms with Crippen LogP contribution in [0.2, 0.25) is 0 Å². The Balaban J connectivity index is 1.84. The second-order valence-electron chi connectivity index (χ2n) is 8.04. The van der Waals surface area contributed by atoms with Crippen molar-refractivity contribution in [1.82, 2.24) is 30.2 Å². The van der Waals surface area contributed by atoms with Gasteiger partial charge in [0.25, 0.3) is 11.5 Å². The van der Waals surface area contributed by atoms with Crippen LogP contribution in [-0.2, 0) is 4.79 Å². The van der Waals surface area contributed by atoms with Gasteiger partial charge in [0.1, 0.15) is 11.5 Å². The van der Waals surface area contributed by atoms with Crippen LogP contribution in [0.15, 0.2) is 65.7 Å². The first-order chi connectivity index (χ1) is 17.4. The van der Waals surface area contributed by atoms with Gasteiger partial charge in [-0.25, -0.2) is 9.97 Å². The fourth-order valence-corrected chi connectivity index (χ4v) is 3.74. The molecule has 2 aromatic carbocycles. The molecule has 0 aliphatic heterocycles. The first-order valence-electron chi connectivity index (χ1n) is 11.3. The Kier molecular flexibility index (Phi) is 7.16. The van der Waals surface area contributed by atoms with Gasteiger partial charge in [-0.3, -0.25) is 23.9 Å². The van der Waals surface area contributed by atoms with E-state index < -0.39 is 11.9 Å². The van der Waals surface area contributed by atoms with E-state index in [1.54, 1.807) is 44.2 Å². The Hall–Kier alpha value is -4.84. The Morgan fingerprint density at radius 3 is 2.53 bits per heavy atom. The minimum atomic E-state index is -0.634. The third-order valence-corrected chi connectivity index (χ3v) is 5.42. The van der Waals surface area contributed by atoms with Gasteiger partial charge in [-0.15, -0.1) is 0 Å². The lowest BCUT2D eigenvalue weighted by molar-refractivity contribution is -0.118. The fraction of sp³-hybridized carbons (Fsp3) is 0.185. The summed E-state index contributed by atoms with van der Waals surface area (Å²) in [4.78, 5) is 50.9. The van der Waals surface area contributed by atoms with Gasteiger partial charge in [-0.05, 0) is 38.1 Å².